The topological polar surface area (TPSA) is 50.2 Å². The standard InChI is InChI=1S/C9H11NO2S/c11-8(12)4-3-7-5-13-9(10-7)6-1-2-6/h5-6H,1-4H2,(H,11,12). The Morgan fingerprint density at radius 1 is 1.69 bits per heavy atom. The summed E-state index contributed by atoms with van der Waals surface area (Å²) >= 11 is 1.67. The van der Waals surface area contributed by atoms with Crippen LogP contribution in [0.5, 0.6) is 0 Å². The fourth-order valence-electron chi connectivity index (χ4n) is 1.19. The van der Waals surface area contributed by atoms with Crippen LogP contribution in [0.3, 0.4) is 0 Å². The van der Waals surface area contributed by atoms with Gasteiger partial charge in [0, 0.05) is 17.7 Å². The van der Waals surface area contributed by atoms with Crippen molar-refractivity contribution in [2.75, 3.05) is 0 Å². The number of aryl methyl sites for hydroxylation is 1. The van der Waals surface area contributed by atoms with Crippen molar-refractivity contribution < 1.29 is 9.90 Å². The number of carboxylic acid groups (broad SMARTS) is 1. The number of aromatic nitrogens is 1. The summed E-state index contributed by atoms with van der Waals surface area (Å²) in [5.41, 5.74) is 0.939. The predicted octanol–water partition coefficient (Wildman–Crippen LogP) is 2.04. The lowest BCUT2D eigenvalue weighted by molar-refractivity contribution is -0.136. The summed E-state index contributed by atoms with van der Waals surface area (Å²) in [6.45, 7) is 0. The number of aliphatic carboxylic acids is 1. The average molecular weight is 197 g/mol. The van der Waals surface area contributed by atoms with Crippen LogP contribution in [0.25, 0.3) is 0 Å². The Bertz CT molecular complexity index is 317. The third-order valence-electron chi connectivity index (χ3n) is 2.09. The summed E-state index contributed by atoms with van der Waals surface area (Å²) < 4.78 is 0. The third-order valence-corrected chi connectivity index (χ3v) is 3.15. The van der Waals surface area contributed by atoms with Gasteiger partial charge in [0.15, 0.2) is 0 Å². The van der Waals surface area contributed by atoms with Gasteiger partial charge in [-0.3, -0.25) is 4.79 Å². The van der Waals surface area contributed by atoms with Gasteiger partial charge in [-0.05, 0) is 12.8 Å². The highest BCUT2D eigenvalue weighted by atomic mass is 32.1. The number of nitrogens with zero attached hydrogens (tertiary/aromatic N) is 1. The predicted molar refractivity (Wildman–Crippen MR) is 50.0 cm³/mol. The first-order chi connectivity index (χ1) is 6.25. The normalized spacial score (nSPS) is 16.0. The molecule has 0 aromatic carbocycles. The van der Waals surface area contributed by atoms with Crippen LogP contribution in [-0.4, -0.2) is 16.1 Å². The van der Waals surface area contributed by atoms with Crippen LogP contribution in [-0.2, 0) is 11.2 Å². The lowest BCUT2D eigenvalue weighted by Crippen LogP contribution is -1.97. The van der Waals surface area contributed by atoms with Crippen LogP contribution in [0.4, 0.5) is 0 Å². The van der Waals surface area contributed by atoms with Gasteiger partial charge >= 0.3 is 5.97 Å². The van der Waals surface area contributed by atoms with E-state index in [0.29, 0.717) is 12.3 Å². The maximum Gasteiger partial charge on any atom is 0.303 e. The molecule has 0 saturated heterocycles. The van der Waals surface area contributed by atoms with Crippen molar-refractivity contribution in [2.45, 2.75) is 31.6 Å². The van der Waals surface area contributed by atoms with E-state index in [1.165, 1.54) is 17.8 Å². The van der Waals surface area contributed by atoms with Gasteiger partial charge < -0.3 is 5.11 Å². The summed E-state index contributed by atoms with van der Waals surface area (Å²) in [5, 5.41) is 11.7. The molecule has 1 aromatic rings. The number of carbonyl (C=O) groups is 1. The second kappa shape index (κ2) is 3.46. The molecule has 13 heavy (non-hydrogen) atoms. The van der Waals surface area contributed by atoms with E-state index in [-0.39, 0.29) is 6.42 Å². The van der Waals surface area contributed by atoms with Crippen molar-refractivity contribution in [2.24, 2.45) is 0 Å². The van der Waals surface area contributed by atoms with Crippen molar-refractivity contribution in [1.82, 2.24) is 4.98 Å². The van der Waals surface area contributed by atoms with Gasteiger partial charge in [0.25, 0.3) is 0 Å². The first-order valence-corrected chi connectivity index (χ1v) is 5.30. The van der Waals surface area contributed by atoms with Crippen LogP contribution < -0.4 is 0 Å². The van der Waals surface area contributed by atoms with Crippen LogP contribution in [0.2, 0.25) is 0 Å². The molecule has 0 radical (unpaired) electrons. The van der Waals surface area contributed by atoms with Crippen LogP contribution in [0.15, 0.2) is 5.38 Å². The molecule has 1 saturated carbocycles. The molecule has 0 bridgehead atoms. The van der Waals surface area contributed by atoms with Gasteiger partial charge in [-0.25, -0.2) is 4.98 Å². The number of thiazole rings is 1. The highest BCUT2D eigenvalue weighted by Gasteiger charge is 2.26. The Morgan fingerprint density at radius 3 is 3.08 bits per heavy atom. The molecular formula is C9H11NO2S. The molecular weight excluding hydrogens is 186 g/mol. The molecule has 0 atom stereocenters. The molecule has 1 N–H and O–H groups in total. The molecule has 0 unspecified atom stereocenters. The van der Waals surface area contributed by atoms with Crippen LogP contribution in [0, 0.1) is 0 Å². The van der Waals surface area contributed by atoms with Gasteiger partial charge in [0.05, 0.1) is 17.1 Å². The van der Waals surface area contributed by atoms with Gasteiger partial charge in [-0.1, -0.05) is 0 Å². The number of rotatable bonds is 4. The number of hydrogen-bond acceptors (Lipinski definition) is 3. The number of carboxylic acids is 1. The van der Waals surface area contributed by atoms with Gasteiger partial charge in [0.2, 0.25) is 0 Å². The second-order valence-corrected chi connectivity index (χ2v) is 4.23. The quantitative estimate of drug-likeness (QED) is 0.803. The zero-order valence-electron chi connectivity index (χ0n) is 7.19. The Kier molecular flexibility index (Phi) is 2.31. The molecule has 1 aliphatic carbocycles. The Balaban J connectivity index is 1.92. The van der Waals surface area contributed by atoms with E-state index in [0.717, 1.165) is 5.69 Å². The minimum atomic E-state index is -0.749. The smallest absolute Gasteiger partial charge is 0.303 e. The van der Waals surface area contributed by atoms with Crippen LogP contribution >= 0.6 is 11.3 Å². The molecule has 1 fully saturated rings. The fourth-order valence-corrected chi connectivity index (χ4v) is 2.22. The maximum absolute atomic E-state index is 10.3. The maximum atomic E-state index is 10.3. The van der Waals surface area contributed by atoms with E-state index < -0.39 is 5.97 Å². The Morgan fingerprint density at radius 2 is 2.46 bits per heavy atom. The van der Waals surface area contributed by atoms with Crippen molar-refractivity contribution in [3.05, 3.63) is 16.1 Å². The molecule has 0 spiro atoms. The lowest BCUT2D eigenvalue weighted by Gasteiger charge is -1.90. The summed E-state index contributed by atoms with van der Waals surface area (Å²) in [5.74, 6) is -0.0652. The monoisotopic (exact) mass is 197 g/mol. The Hall–Kier alpha value is -0.900. The summed E-state index contributed by atoms with van der Waals surface area (Å²) in [6, 6.07) is 0. The molecule has 0 aliphatic heterocycles. The van der Waals surface area contributed by atoms with Crippen molar-refractivity contribution >= 4 is 17.3 Å². The van der Waals surface area contributed by atoms with E-state index in [2.05, 4.69) is 4.98 Å². The van der Waals surface area contributed by atoms with Crippen LogP contribution in [0.1, 0.15) is 35.9 Å². The highest BCUT2D eigenvalue weighted by Crippen LogP contribution is 2.41. The average Bonchev–Trinajstić information content (AvgIpc) is 2.83. The highest BCUT2D eigenvalue weighted by molar-refractivity contribution is 7.09. The third kappa shape index (κ3) is 2.28. The lowest BCUT2D eigenvalue weighted by atomic mass is 10.2. The summed E-state index contributed by atoms with van der Waals surface area (Å²) in [6.07, 6.45) is 3.27. The molecule has 0 amide bonds. The molecule has 1 aliphatic rings. The van der Waals surface area contributed by atoms with E-state index in [1.807, 2.05) is 5.38 Å². The fraction of sp³-hybridized carbons (Fsp3) is 0.556. The number of hydrogen-bond donors (Lipinski definition) is 1. The first-order valence-electron chi connectivity index (χ1n) is 4.42. The van der Waals surface area contributed by atoms with Gasteiger partial charge in [-0.15, -0.1) is 11.3 Å². The molecule has 1 heterocycles. The minimum Gasteiger partial charge on any atom is -0.481 e. The van der Waals surface area contributed by atoms with E-state index >= 15 is 0 Å². The van der Waals surface area contributed by atoms with Gasteiger partial charge in [-0.2, -0.15) is 0 Å². The summed E-state index contributed by atoms with van der Waals surface area (Å²) in [7, 11) is 0. The summed E-state index contributed by atoms with van der Waals surface area (Å²) in [4.78, 5) is 14.7. The van der Waals surface area contributed by atoms with E-state index in [9.17, 15) is 4.79 Å². The second-order valence-electron chi connectivity index (χ2n) is 3.35. The van der Waals surface area contributed by atoms with E-state index in [4.69, 9.17) is 5.11 Å². The Labute approximate surface area is 80.4 Å². The van der Waals surface area contributed by atoms with Crippen molar-refractivity contribution in [1.29, 1.82) is 0 Å². The largest absolute Gasteiger partial charge is 0.481 e. The molecule has 1 aromatic heterocycles. The first kappa shape index (κ1) is 8.69. The molecule has 2 rings (SSSR count). The van der Waals surface area contributed by atoms with E-state index in [1.54, 1.807) is 11.3 Å². The minimum absolute atomic E-state index is 0.188. The SMILES string of the molecule is O=C(O)CCc1csc(C2CC2)n1. The zero-order valence-corrected chi connectivity index (χ0v) is 8.01. The molecule has 70 valence electrons. The molecule has 4 heteroatoms. The van der Waals surface area contributed by atoms with Gasteiger partial charge in [0.1, 0.15) is 0 Å². The zero-order chi connectivity index (χ0) is 9.26. The molecule has 3 nitrogen and oxygen atoms in total. The van der Waals surface area contributed by atoms with Crippen molar-refractivity contribution in [3.8, 4) is 0 Å². The van der Waals surface area contributed by atoms with Crippen molar-refractivity contribution in [3.63, 3.8) is 0 Å².